The second-order valence-corrected chi connectivity index (χ2v) is 8.48. The Labute approximate surface area is 208 Å². The van der Waals surface area contributed by atoms with Crippen LogP contribution in [0.1, 0.15) is 21.5 Å². The Morgan fingerprint density at radius 1 is 0.943 bits per heavy atom. The Morgan fingerprint density at radius 3 is 2.40 bits per heavy atom. The standard InChI is InChI=1S/C27H25N3O4S/c1-32-22-15-24(34-3)23(33-2)14-21(22)16-29-30-27(31)20-11-9-18(10-12-20)17-35-25-8-4-6-19-7-5-13-28-26(19)25/h4-16H,17H2,1-3H3,(H,30,31). The van der Waals surface area contributed by atoms with Crippen molar-refractivity contribution in [1.82, 2.24) is 10.4 Å². The lowest BCUT2D eigenvalue weighted by atomic mass is 10.1. The molecule has 35 heavy (non-hydrogen) atoms. The van der Waals surface area contributed by atoms with Crippen molar-refractivity contribution in [2.45, 2.75) is 10.6 Å². The maximum absolute atomic E-state index is 12.5. The number of carbonyl (C=O) groups is 1. The number of fused-ring (bicyclic) bond motifs is 1. The van der Waals surface area contributed by atoms with Crippen molar-refractivity contribution in [3.8, 4) is 17.2 Å². The zero-order valence-electron chi connectivity index (χ0n) is 19.6. The quantitative estimate of drug-likeness (QED) is 0.196. The van der Waals surface area contributed by atoms with Crippen molar-refractivity contribution in [2.75, 3.05) is 21.3 Å². The lowest BCUT2D eigenvalue weighted by Gasteiger charge is -2.11. The number of benzene rings is 3. The van der Waals surface area contributed by atoms with Gasteiger partial charge in [-0.1, -0.05) is 30.3 Å². The molecule has 0 saturated carbocycles. The first-order valence-corrected chi connectivity index (χ1v) is 11.8. The molecule has 4 rings (SSSR count). The van der Waals surface area contributed by atoms with E-state index in [0.29, 0.717) is 28.4 Å². The molecule has 178 valence electrons. The number of thioether (sulfide) groups is 1. The molecule has 1 aromatic heterocycles. The van der Waals surface area contributed by atoms with Crippen LogP contribution >= 0.6 is 11.8 Å². The Hall–Kier alpha value is -4.04. The molecule has 0 bridgehead atoms. The van der Waals surface area contributed by atoms with Crippen molar-refractivity contribution < 1.29 is 19.0 Å². The van der Waals surface area contributed by atoms with E-state index in [9.17, 15) is 4.79 Å². The summed E-state index contributed by atoms with van der Waals surface area (Å²) in [5, 5.41) is 5.19. The van der Waals surface area contributed by atoms with E-state index in [4.69, 9.17) is 14.2 Å². The molecular formula is C27H25N3O4S. The summed E-state index contributed by atoms with van der Waals surface area (Å²) in [6.45, 7) is 0. The monoisotopic (exact) mass is 487 g/mol. The van der Waals surface area contributed by atoms with Crippen LogP contribution in [-0.4, -0.2) is 38.4 Å². The summed E-state index contributed by atoms with van der Waals surface area (Å²) in [6.07, 6.45) is 3.31. The van der Waals surface area contributed by atoms with Crippen LogP contribution < -0.4 is 19.6 Å². The Bertz CT molecular complexity index is 1350. The van der Waals surface area contributed by atoms with Gasteiger partial charge < -0.3 is 14.2 Å². The molecule has 0 aliphatic rings. The number of rotatable bonds is 9. The summed E-state index contributed by atoms with van der Waals surface area (Å²) in [5.41, 5.74) is 5.82. The van der Waals surface area contributed by atoms with Gasteiger partial charge in [-0.15, -0.1) is 11.8 Å². The fraction of sp³-hybridized carbons (Fsp3) is 0.148. The predicted octanol–water partition coefficient (Wildman–Crippen LogP) is 5.32. The van der Waals surface area contributed by atoms with Gasteiger partial charge in [0.1, 0.15) is 5.75 Å². The average Bonchev–Trinajstić information content (AvgIpc) is 2.91. The molecule has 1 N–H and O–H groups in total. The van der Waals surface area contributed by atoms with Crippen LogP contribution in [0.25, 0.3) is 10.9 Å². The molecule has 0 spiro atoms. The molecule has 0 unspecified atom stereocenters. The van der Waals surface area contributed by atoms with Crippen LogP contribution in [0.2, 0.25) is 0 Å². The number of hydrogen-bond donors (Lipinski definition) is 1. The SMILES string of the molecule is COc1cc(OC)c(OC)cc1C=NNC(=O)c1ccc(CSc2cccc3cccnc23)cc1. The van der Waals surface area contributed by atoms with E-state index in [1.54, 1.807) is 57.4 Å². The van der Waals surface area contributed by atoms with E-state index in [0.717, 1.165) is 27.1 Å². The van der Waals surface area contributed by atoms with Crippen molar-refractivity contribution in [3.05, 3.63) is 89.6 Å². The molecule has 1 amide bonds. The molecule has 8 heteroatoms. The topological polar surface area (TPSA) is 82.0 Å². The maximum Gasteiger partial charge on any atom is 0.271 e. The van der Waals surface area contributed by atoms with Crippen LogP contribution in [0.5, 0.6) is 17.2 Å². The molecule has 3 aromatic carbocycles. The molecule has 7 nitrogen and oxygen atoms in total. The van der Waals surface area contributed by atoms with E-state index in [-0.39, 0.29) is 5.91 Å². The third-order valence-electron chi connectivity index (χ3n) is 5.31. The van der Waals surface area contributed by atoms with Gasteiger partial charge >= 0.3 is 0 Å². The van der Waals surface area contributed by atoms with E-state index in [2.05, 4.69) is 33.7 Å². The highest BCUT2D eigenvalue weighted by Gasteiger charge is 2.11. The highest BCUT2D eigenvalue weighted by molar-refractivity contribution is 7.98. The normalized spacial score (nSPS) is 10.9. The Kier molecular flexibility index (Phi) is 7.84. The number of amides is 1. The first-order chi connectivity index (χ1) is 17.1. The second kappa shape index (κ2) is 11.4. The molecule has 0 aliphatic heterocycles. The largest absolute Gasteiger partial charge is 0.496 e. The number of ether oxygens (including phenoxy) is 3. The number of pyridine rings is 1. The molecule has 0 aliphatic carbocycles. The smallest absolute Gasteiger partial charge is 0.271 e. The van der Waals surface area contributed by atoms with Gasteiger partial charge in [0, 0.05) is 39.4 Å². The van der Waals surface area contributed by atoms with Crippen LogP contribution in [0.4, 0.5) is 0 Å². The Morgan fingerprint density at radius 2 is 1.66 bits per heavy atom. The molecule has 0 atom stereocenters. The number of hydrogen-bond acceptors (Lipinski definition) is 7. The third kappa shape index (κ3) is 5.73. The van der Waals surface area contributed by atoms with Gasteiger partial charge in [-0.3, -0.25) is 9.78 Å². The summed E-state index contributed by atoms with van der Waals surface area (Å²) in [4.78, 5) is 18.2. The predicted molar refractivity (Wildman–Crippen MR) is 139 cm³/mol. The first-order valence-electron chi connectivity index (χ1n) is 10.8. The van der Waals surface area contributed by atoms with Crippen molar-refractivity contribution in [3.63, 3.8) is 0 Å². The third-order valence-corrected chi connectivity index (χ3v) is 6.43. The minimum atomic E-state index is -0.307. The summed E-state index contributed by atoms with van der Waals surface area (Å²) in [5.74, 6) is 2.09. The van der Waals surface area contributed by atoms with Crippen molar-refractivity contribution in [2.24, 2.45) is 5.10 Å². The van der Waals surface area contributed by atoms with Gasteiger partial charge in [-0.05, 0) is 35.9 Å². The van der Waals surface area contributed by atoms with Crippen LogP contribution in [0.3, 0.4) is 0 Å². The fourth-order valence-corrected chi connectivity index (χ4v) is 4.48. The van der Waals surface area contributed by atoms with Crippen molar-refractivity contribution >= 4 is 34.8 Å². The number of carbonyl (C=O) groups excluding carboxylic acids is 1. The Balaban J connectivity index is 1.38. The number of aromatic nitrogens is 1. The molecule has 0 fully saturated rings. The lowest BCUT2D eigenvalue weighted by molar-refractivity contribution is 0.0955. The van der Waals surface area contributed by atoms with Crippen LogP contribution in [0, 0.1) is 0 Å². The fourth-order valence-electron chi connectivity index (χ4n) is 3.48. The summed E-state index contributed by atoms with van der Waals surface area (Å²) in [7, 11) is 4.65. The molecule has 1 heterocycles. The van der Waals surface area contributed by atoms with Crippen LogP contribution in [0.15, 0.2) is 82.9 Å². The van der Waals surface area contributed by atoms with E-state index >= 15 is 0 Å². The zero-order valence-corrected chi connectivity index (χ0v) is 20.5. The van der Waals surface area contributed by atoms with Gasteiger partial charge in [-0.2, -0.15) is 5.10 Å². The summed E-state index contributed by atoms with van der Waals surface area (Å²) in [6, 6.07) is 21.1. The number of para-hydroxylation sites is 1. The highest BCUT2D eigenvalue weighted by Crippen LogP contribution is 2.33. The molecular weight excluding hydrogens is 462 g/mol. The minimum Gasteiger partial charge on any atom is -0.496 e. The first kappa shape index (κ1) is 24.1. The zero-order chi connectivity index (χ0) is 24.6. The van der Waals surface area contributed by atoms with Gasteiger partial charge in [0.25, 0.3) is 5.91 Å². The number of nitrogens with one attached hydrogen (secondary N) is 1. The van der Waals surface area contributed by atoms with Gasteiger partial charge in [0.05, 0.1) is 33.1 Å². The molecule has 4 aromatic rings. The van der Waals surface area contributed by atoms with Gasteiger partial charge in [-0.25, -0.2) is 5.43 Å². The second-order valence-electron chi connectivity index (χ2n) is 7.47. The van der Waals surface area contributed by atoms with E-state index < -0.39 is 0 Å². The molecule has 0 radical (unpaired) electrons. The highest BCUT2D eigenvalue weighted by atomic mass is 32.2. The average molecular weight is 488 g/mol. The van der Waals surface area contributed by atoms with E-state index in [1.165, 1.54) is 6.21 Å². The van der Waals surface area contributed by atoms with E-state index in [1.807, 2.05) is 30.5 Å². The maximum atomic E-state index is 12.5. The minimum absolute atomic E-state index is 0.307. The molecule has 0 saturated heterocycles. The summed E-state index contributed by atoms with van der Waals surface area (Å²) < 4.78 is 16.0. The van der Waals surface area contributed by atoms with Crippen molar-refractivity contribution in [1.29, 1.82) is 0 Å². The van der Waals surface area contributed by atoms with Crippen LogP contribution in [-0.2, 0) is 5.75 Å². The number of methoxy groups -OCH3 is 3. The van der Waals surface area contributed by atoms with Gasteiger partial charge in [0.15, 0.2) is 11.5 Å². The lowest BCUT2D eigenvalue weighted by Crippen LogP contribution is -2.17. The number of nitrogens with zero attached hydrogens (tertiary/aromatic N) is 2. The summed E-state index contributed by atoms with van der Waals surface area (Å²) >= 11 is 1.72. The number of hydrazone groups is 1. The van der Waals surface area contributed by atoms with Gasteiger partial charge in [0.2, 0.25) is 0 Å².